The van der Waals surface area contributed by atoms with Gasteiger partial charge < -0.3 is 14.6 Å². The first-order valence-corrected chi connectivity index (χ1v) is 6.23. The first-order valence-electron chi connectivity index (χ1n) is 6.23. The lowest BCUT2D eigenvalue weighted by molar-refractivity contribution is -0.120. The van der Waals surface area contributed by atoms with Gasteiger partial charge in [-0.1, -0.05) is 5.16 Å². The third-order valence-electron chi connectivity index (χ3n) is 3.12. The maximum absolute atomic E-state index is 11.7. The van der Waals surface area contributed by atoms with Crippen LogP contribution in [0.3, 0.4) is 0 Å². The maximum atomic E-state index is 11.7. The summed E-state index contributed by atoms with van der Waals surface area (Å²) in [5.41, 5.74) is 3.72. The van der Waals surface area contributed by atoms with Crippen LogP contribution in [0.5, 0.6) is 0 Å². The monoisotopic (exact) mass is 262 g/mol. The smallest absolute Gasteiger partial charge is 0.226 e. The molecule has 19 heavy (non-hydrogen) atoms. The van der Waals surface area contributed by atoms with Gasteiger partial charge >= 0.3 is 0 Å². The zero-order valence-corrected chi connectivity index (χ0v) is 11.4. The molecule has 0 aliphatic heterocycles. The van der Waals surface area contributed by atoms with Crippen molar-refractivity contribution in [3.63, 3.8) is 0 Å². The fourth-order valence-corrected chi connectivity index (χ4v) is 1.88. The van der Waals surface area contributed by atoms with Crippen molar-refractivity contribution in [3.05, 3.63) is 29.0 Å². The second kappa shape index (κ2) is 5.84. The standard InChI is InChI=1S/C14H18N2O3/c1-9-6-11-12(8-14(17)15-4-5-18-3)16-19-13(11)7-10(9)2/h6-7H,4-5,8H2,1-3H3,(H,15,17). The molecule has 0 fully saturated rings. The van der Waals surface area contributed by atoms with Crippen LogP contribution in [-0.4, -0.2) is 31.3 Å². The molecule has 0 aliphatic carbocycles. The number of fused-ring (bicyclic) bond motifs is 1. The predicted octanol–water partition coefficient (Wildman–Crippen LogP) is 1.75. The number of nitrogens with zero attached hydrogens (tertiary/aromatic N) is 1. The highest BCUT2D eigenvalue weighted by Crippen LogP contribution is 2.22. The predicted molar refractivity (Wildman–Crippen MR) is 72.1 cm³/mol. The number of hydrogen-bond acceptors (Lipinski definition) is 4. The number of ether oxygens (including phenoxy) is 1. The molecular weight excluding hydrogens is 244 g/mol. The van der Waals surface area contributed by atoms with Gasteiger partial charge in [0.15, 0.2) is 5.58 Å². The lowest BCUT2D eigenvalue weighted by atomic mass is 10.1. The molecule has 0 aliphatic rings. The number of aryl methyl sites for hydroxylation is 2. The number of amides is 1. The fourth-order valence-electron chi connectivity index (χ4n) is 1.88. The van der Waals surface area contributed by atoms with E-state index < -0.39 is 0 Å². The van der Waals surface area contributed by atoms with Crippen molar-refractivity contribution in [2.75, 3.05) is 20.3 Å². The first-order chi connectivity index (χ1) is 9.11. The number of carbonyl (C=O) groups is 1. The average molecular weight is 262 g/mol. The molecule has 1 aromatic heterocycles. The van der Waals surface area contributed by atoms with Crippen LogP contribution < -0.4 is 5.32 Å². The maximum Gasteiger partial charge on any atom is 0.226 e. The van der Waals surface area contributed by atoms with Crippen molar-refractivity contribution in [3.8, 4) is 0 Å². The molecule has 1 N–H and O–H groups in total. The Hall–Kier alpha value is -1.88. The van der Waals surface area contributed by atoms with E-state index in [4.69, 9.17) is 9.26 Å². The number of benzene rings is 1. The Morgan fingerprint density at radius 3 is 2.84 bits per heavy atom. The van der Waals surface area contributed by atoms with Gasteiger partial charge in [0.2, 0.25) is 5.91 Å². The van der Waals surface area contributed by atoms with Gasteiger partial charge in [0, 0.05) is 19.0 Å². The number of methoxy groups -OCH3 is 1. The largest absolute Gasteiger partial charge is 0.383 e. The third kappa shape index (κ3) is 3.12. The van der Waals surface area contributed by atoms with Crippen LogP contribution in [-0.2, 0) is 16.0 Å². The highest BCUT2D eigenvalue weighted by atomic mass is 16.5. The quantitative estimate of drug-likeness (QED) is 0.834. The summed E-state index contributed by atoms with van der Waals surface area (Å²) in [7, 11) is 1.60. The molecule has 1 aromatic carbocycles. The summed E-state index contributed by atoms with van der Waals surface area (Å²) in [5, 5.41) is 7.65. The Balaban J connectivity index is 2.13. The zero-order valence-electron chi connectivity index (χ0n) is 11.4. The zero-order chi connectivity index (χ0) is 13.8. The van der Waals surface area contributed by atoms with Crippen LogP contribution in [0, 0.1) is 13.8 Å². The van der Waals surface area contributed by atoms with Gasteiger partial charge in [0.05, 0.1) is 13.0 Å². The van der Waals surface area contributed by atoms with E-state index in [0.29, 0.717) is 18.8 Å². The van der Waals surface area contributed by atoms with Crippen LogP contribution in [0.2, 0.25) is 0 Å². The van der Waals surface area contributed by atoms with E-state index in [1.54, 1.807) is 7.11 Å². The number of nitrogens with one attached hydrogen (secondary N) is 1. The topological polar surface area (TPSA) is 64.4 Å². The molecule has 0 saturated heterocycles. The van der Waals surface area contributed by atoms with E-state index in [1.165, 1.54) is 0 Å². The molecule has 5 heteroatoms. The SMILES string of the molecule is COCCNC(=O)Cc1noc2cc(C)c(C)cc12. The summed E-state index contributed by atoms with van der Waals surface area (Å²) < 4.78 is 10.1. The second-order valence-corrected chi connectivity index (χ2v) is 4.58. The lowest BCUT2D eigenvalue weighted by Gasteiger charge is -2.03. The van der Waals surface area contributed by atoms with Gasteiger partial charge in [0.1, 0.15) is 5.69 Å². The minimum atomic E-state index is -0.0783. The minimum absolute atomic E-state index is 0.0783. The summed E-state index contributed by atoms with van der Waals surface area (Å²) in [6.45, 7) is 5.06. The van der Waals surface area contributed by atoms with E-state index in [0.717, 1.165) is 22.1 Å². The molecule has 0 bridgehead atoms. The number of rotatable bonds is 5. The van der Waals surface area contributed by atoms with Crippen molar-refractivity contribution in [2.45, 2.75) is 20.3 Å². The Labute approximate surface area is 111 Å². The molecular formula is C14H18N2O3. The molecule has 1 heterocycles. The lowest BCUT2D eigenvalue weighted by Crippen LogP contribution is -2.28. The number of aromatic nitrogens is 1. The van der Waals surface area contributed by atoms with Gasteiger partial charge in [0.25, 0.3) is 0 Å². The van der Waals surface area contributed by atoms with Crippen molar-refractivity contribution in [1.82, 2.24) is 10.5 Å². The average Bonchev–Trinajstić information content (AvgIpc) is 2.73. The molecule has 0 spiro atoms. The van der Waals surface area contributed by atoms with Crippen molar-refractivity contribution in [2.24, 2.45) is 0 Å². The fraction of sp³-hybridized carbons (Fsp3) is 0.429. The van der Waals surface area contributed by atoms with Crippen LogP contribution in [0.4, 0.5) is 0 Å². The van der Waals surface area contributed by atoms with Crippen LogP contribution in [0.15, 0.2) is 16.7 Å². The summed E-state index contributed by atoms with van der Waals surface area (Å²) >= 11 is 0. The third-order valence-corrected chi connectivity index (χ3v) is 3.12. The van der Waals surface area contributed by atoms with Gasteiger partial charge in [-0.3, -0.25) is 4.79 Å². The molecule has 102 valence electrons. The second-order valence-electron chi connectivity index (χ2n) is 4.58. The Morgan fingerprint density at radius 2 is 2.11 bits per heavy atom. The molecule has 2 aromatic rings. The molecule has 5 nitrogen and oxygen atoms in total. The Bertz CT molecular complexity index is 590. The molecule has 0 radical (unpaired) electrons. The van der Waals surface area contributed by atoms with Gasteiger partial charge in [-0.2, -0.15) is 0 Å². The van der Waals surface area contributed by atoms with Crippen LogP contribution >= 0.6 is 0 Å². The molecule has 0 saturated carbocycles. The highest BCUT2D eigenvalue weighted by molar-refractivity contribution is 5.87. The van der Waals surface area contributed by atoms with Gasteiger partial charge in [-0.25, -0.2) is 0 Å². The van der Waals surface area contributed by atoms with E-state index in [2.05, 4.69) is 10.5 Å². The number of hydrogen-bond donors (Lipinski definition) is 1. The Morgan fingerprint density at radius 1 is 1.37 bits per heavy atom. The van der Waals surface area contributed by atoms with Crippen LogP contribution in [0.25, 0.3) is 11.0 Å². The summed E-state index contributed by atoms with van der Waals surface area (Å²) in [5.74, 6) is -0.0783. The highest BCUT2D eigenvalue weighted by Gasteiger charge is 2.13. The van der Waals surface area contributed by atoms with Crippen molar-refractivity contribution >= 4 is 16.9 Å². The minimum Gasteiger partial charge on any atom is -0.383 e. The van der Waals surface area contributed by atoms with E-state index in [1.807, 2.05) is 26.0 Å². The number of carbonyl (C=O) groups excluding carboxylic acids is 1. The Kier molecular flexibility index (Phi) is 4.16. The van der Waals surface area contributed by atoms with Gasteiger partial charge in [-0.15, -0.1) is 0 Å². The van der Waals surface area contributed by atoms with E-state index in [-0.39, 0.29) is 12.3 Å². The molecule has 2 rings (SSSR count). The summed E-state index contributed by atoms with van der Waals surface area (Å²) in [6.07, 6.45) is 0.221. The normalized spacial score (nSPS) is 10.9. The molecule has 0 unspecified atom stereocenters. The van der Waals surface area contributed by atoms with E-state index >= 15 is 0 Å². The summed E-state index contributed by atoms with van der Waals surface area (Å²) in [4.78, 5) is 11.7. The van der Waals surface area contributed by atoms with E-state index in [9.17, 15) is 4.79 Å². The first kappa shape index (κ1) is 13.5. The van der Waals surface area contributed by atoms with Crippen LogP contribution in [0.1, 0.15) is 16.8 Å². The van der Waals surface area contributed by atoms with Crippen molar-refractivity contribution in [1.29, 1.82) is 0 Å². The molecule has 0 atom stereocenters. The summed E-state index contributed by atoms with van der Waals surface area (Å²) in [6, 6.07) is 3.96. The van der Waals surface area contributed by atoms with Gasteiger partial charge in [-0.05, 0) is 37.1 Å². The molecule has 1 amide bonds. The van der Waals surface area contributed by atoms with Crippen molar-refractivity contribution < 1.29 is 14.1 Å².